The van der Waals surface area contributed by atoms with Gasteiger partial charge in [0.25, 0.3) is 5.91 Å². The summed E-state index contributed by atoms with van der Waals surface area (Å²) in [7, 11) is 1.63. The molecule has 144 valence electrons. The quantitative estimate of drug-likeness (QED) is 0.567. The molecule has 0 bridgehead atoms. The molecule has 0 atom stereocenters. The van der Waals surface area contributed by atoms with Crippen molar-refractivity contribution in [3.8, 4) is 6.07 Å². The molecule has 0 aliphatic heterocycles. The molecule has 0 N–H and O–H groups in total. The Balaban J connectivity index is 1.70. The third-order valence-electron chi connectivity index (χ3n) is 4.18. The number of esters is 1. The second-order valence-corrected chi connectivity index (χ2v) is 7.15. The summed E-state index contributed by atoms with van der Waals surface area (Å²) in [6.45, 7) is -0.363. The van der Waals surface area contributed by atoms with E-state index in [4.69, 9.17) is 4.74 Å². The molecular formula is C23H18N2O3S. The number of rotatable bonds is 6. The lowest BCUT2D eigenvalue weighted by atomic mass is 10.2. The maximum absolute atomic E-state index is 12.6. The number of ether oxygens (including phenoxy) is 1. The zero-order valence-electron chi connectivity index (χ0n) is 15.7. The van der Waals surface area contributed by atoms with Crippen LogP contribution < -0.4 is 4.90 Å². The highest BCUT2D eigenvalue weighted by atomic mass is 32.2. The Morgan fingerprint density at radius 3 is 2.28 bits per heavy atom. The molecule has 0 unspecified atom stereocenters. The summed E-state index contributed by atoms with van der Waals surface area (Å²) in [4.78, 5) is 27.8. The molecule has 1 amide bonds. The molecule has 3 rings (SSSR count). The maximum Gasteiger partial charge on any atom is 0.339 e. The van der Waals surface area contributed by atoms with E-state index in [1.165, 1.54) is 16.7 Å². The van der Waals surface area contributed by atoms with Crippen LogP contribution in [0.3, 0.4) is 0 Å². The highest BCUT2D eigenvalue weighted by Gasteiger charge is 2.18. The van der Waals surface area contributed by atoms with Crippen molar-refractivity contribution in [3.63, 3.8) is 0 Å². The number of anilines is 1. The van der Waals surface area contributed by atoms with Crippen molar-refractivity contribution >= 4 is 29.3 Å². The second kappa shape index (κ2) is 9.58. The minimum absolute atomic E-state index is 0.329. The van der Waals surface area contributed by atoms with Gasteiger partial charge in [0.15, 0.2) is 6.61 Å². The molecule has 0 saturated heterocycles. The Hall–Kier alpha value is -3.56. The summed E-state index contributed by atoms with van der Waals surface area (Å²) in [6, 6.07) is 25.4. The molecule has 0 spiro atoms. The second-order valence-electron chi connectivity index (χ2n) is 6.07. The zero-order chi connectivity index (χ0) is 20.6. The molecule has 6 heteroatoms. The monoisotopic (exact) mass is 402 g/mol. The molecule has 0 saturated carbocycles. The summed E-state index contributed by atoms with van der Waals surface area (Å²) in [5, 5.41) is 9.27. The Labute approximate surface area is 173 Å². The molecule has 5 nitrogen and oxygen atoms in total. The van der Waals surface area contributed by atoms with Crippen molar-refractivity contribution in [1.29, 1.82) is 5.26 Å². The van der Waals surface area contributed by atoms with Gasteiger partial charge >= 0.3 is 5.97 Å². The third-order valence-corrected chi connectivity index (χ3v) is 5.33. The number of hydrogen-bond acceptors (Lipinski definition) is 5. The summed E-state index contributed by atoms with van der Waals surface area (Å²) >= 11 is 1.31. The number of hydrogen-bond donors (Lipinski definition) is 0. The SMILES string of the molecule is CN(C(=O)COC(=O)c1ccccc1Sc1ccccc1C#N)c1ccccc1. The van der Waals surface area contributed by atoms with Crippen LogP contribution in [-0.2, 0) is 9.53 Å². The largest absolute Gasteiger partial charge is 0.452 e. The van der Waals surface area contributed by atoms with Gasteiger partial charge in [-0.1, -0.05) is 54.2 Å². The molecule has 3 aromatic carbocycles. The Bertz CT molecular complexity index is 1060. The smallest absolute Gasteiger partial charge is 0.339 e. The van der Waals surface area contributed by atoms with E-state index >= 15 is 0 Å². The van der Waals surface area contributed by atoms with E-state index in [1.807, 2.05) is 36.4 Å². The van der Waals surface area contributed by atoms with Crippen LogP contribution in [-0.4, -0.2) is 25.5 Å². The molecule has 0 fully saturated rings. The van der Waals surface area contributed by atoms with Crippen molar-refractivity contribution in [2.45, 2.75) is 9.79 Å². The van der Waals surface area contributed by atoms with Crippen molar-refractivity contribution in [2.75, 3.05) is 18.6 Å². The normalized spacial score (nSPS) is 10.1. The fourth-order valence-electron chi connectivity index (χ4n) is 2.59. The summed E-state index contributed by atoms with van der Waals surface area (Å²) in [5.74, 6) is -0.915. The van der Waals surface area contributed by atoms with Gasteiger partial charge in [-0.15, -0.1) is 0 Å². The van der Waals surface area contributed by atoms with Crippen molar-refractivity contribution < 1.29 is 14.3 Å². The summed E-state index contributed by atoms with van der Waals surface area (Å²) < 4.78 is 5.26. The maximum atomic E-state index is 12.6. The Morgan fingerprint density at radius 2 is 1.55 bits per heavy atom. The van der Waals surface area contributed by atoms with Crippen LogP contribution in [0.2, 0.25) is 0 Å². The first-order chi connectivity index (χ1) is 14.1. The van der Waals surface area contributed by atoms with E-state index in [-0.39, 0.29) is 12.5 Å². The van der Waals surface area contributed by atoms with Gasteiger partial charge in [-0.05, 0) is 36.4 Å². The van der Waals surface area contributed by atoms with Gasteiger partial charge in [0.05, 0.1) is 11.1 Å². The van der Waals surface area contributed by atoms with Crippen LogP contribution in [0, 0.1) is 11.3 Å². The molecular weight excluding hydrogens is 384 g/mol. The van der Waals surface area contributed by atoms with Crippen LogP contribution in [0.25, 0.3) is 0 Å². The number of benzene rings is 3. The Morgan fingerprint density at radius 1 is 0.931 bits per heavy atom. The molecule has 0 heterocycles. The van der Waals surface area contributed by atoms with Gasteiger partial charge in [0, 0.05) is 22.5 Å². The summed E-state index contributed by atoms with van der Waals surface area (Å²) in [5.41, 5.74) is 1.60. The first-order valence-electron chi connectivity index (χ1n) is 8.85. The van der Waals surface area contributed by atoms with E-state index in [9.17, 15) is 14.9 Å². The van der Waals surface area contributed by atoms with Gasteiger partial charge < -0.3 is 9.64 Å². The number of likely N-dealkylation sites (N-methyl/N-ethyl adjacent to an activating group) is 1. The number of para-hydroxylation sites is 1. The molecule has 0 radical (unpaired) electrons. The van der Waals surface area contributed by atoms with Crippen LogP contribution in [0.5, 0.6) is 0 Å². The van der Waals surface area contributed by atoms with E-state index in [2.05, 4.69) is 6.07 Å². The lowest BCUT2D eigenvalue weighted by Gasteiger charge is -2.17. The first-order valence-corrected chi connectivity index (χ1v) is 9.66. The van der Waals surface area contributed by atoms with E-state index in [0.29, 0.717) is 16.0 Å². The fourth-order valence-corrected chi connectivity index (χ4v) is 3.60. The predicted octanol–water partition coefficient (Wildman–Crippen LogP) is 4.53. The van der Waals surface area contributed by atoms with Gasteiger partial charge in [-0.2, -0.15) is 5.26 Å². The Kier molecular flexibility index (Phi) is 6.67. The van der Waals surface area contributed by atoms with E-state index < -0.39 is 5.97 Å². The number of carbonyl (C=O) groups excluding carboxylic acids is 2. The first kappa shape index (κ1) is 20.2. The molecule has 0 aromatic heterocycles. The average Bonchev–Trinajstić information content (AvgIpc) is 2.78. The zero-order valence-corrected chi connectivity index (χ0v) is 16.6. The fraction of sp³-hybridized carbons (Fsp3) is 0.0870. The number of nitriles is 1. The van der Waals surface area contributed by atoms with Crippen molar-refractivity contribution in [3.05, 3.63) is 90.0 Å². The van der Waals surface area contributed by atoms with Crippen molar-refractivity contribution in [2.24, 2.45) is 0 Å². The average molecular weight is 402 g/mol. The number of nitrogens with zero attached hydrogens (tertiary/aromatic N) is 2. The van der Waals surface area contributed by atoms with Crippen LogP contribution >= 0.6 is 11.8 Å². The highest BCUT2D eigenvalue weighted by molar-refractivity contribution is 7.99. The van der Waals surface area contributed by atoms with Gasteiger partial charge in [-0.25, -0.2) is 4.79 Å². The van der Waals surface area contributed by atoms with E-state index in [1.54, 1.807) is 49.5 Å². The van der Waals surface area contributed by atoms with Gasteiger partial charge in [0.1, 0.15) is 6.07 Å². The molecule has 0 aliphatic rings. The summed E-state index contributed by atoms with van der Waals surface area (Å²) in [6.07, 6.45) is 0. The minimum Gasteiger partial charge on any atom is -0.452 e. The van der Waals surface area contributed by atoms with E-state index in [0.717, 1.165) is 10.6 Å². The minimum atomic E-state index is -0.586. The molecule has 3 aromatic rings. The van der Waals surface area contributed by atoms with Gasteiger partial charge in [-0.3, -0.25) is 4.79 Å². The lowest BCUT2D eigenvalue weighted by molar-refractivity contribution is -0.121. The van der Waals surface area contributed by atoms with Crippen LogP contribution in [0.1, 0.15) is 15.9 Å². The molecule has 29 heavy (non-hydrogen) atoms. The molecule has 0 aliphatic carbocycles. The number of carbonyl (C=O) groups is 2. The van der Waals surface area contributed by atoms with Crippen LogP contribution in [0.4, 0.5) is 5.69 Å². The highest BCUT2D eigenvalue weighted by Crippen LogP contribution is 2.32. The van der Waals surface area contributed by atoms with Crippen LogP contribution in [0.15, 0.2) is 88.7 Å². The van der Waals surface area contributed by atoms with Gasteiger partial charge in [0.2, 0.25) is 0 Å². The standard InChI is InChI=1S/C23H18N2O3S/c1-25(18-10-3-2-4-11-18)22(26)16-28-23(27)19-12-6-8-14-21(19)29-20-13-7-5-9-17(20)15-24/h2-14H,16H2,1H3. The third kappa shape index (κ3) is 5.03. The van der Waals surface area contributed by atoms with Crippen molar-refractivity contribution in [1.82, 2.24) is 0 Å². The predicted molar refractivity (Wildman–Crippen MR) is 112 cm³/mol. The number of amides is 1. The topological polar surface area (TPSA) is 70.4 Å². The lowest BCUT2D eigenvalue weighted by Crippen LogP contribution is -2.31.